The van der Waals surface area contributed by atoms with Crippen molar-refractivity contribution in [3.63, 3.8) is 0 Å². The predicted molar refractivity (Wildman–Crippen MR) is 73.7 cm³/mol. The van der Waals surface area contributed by atoms with Gasteiger partial charge in [-0.2, -0.15) is 0 Å². The van der Waals surface area contributed by atoms with E-state index in [1.54, 1.807) is 30.3 Å². The van der Waals surface area contributed by atoms with E-state index in [9.17, 15) is 9.59 Å². The molecule has 0 saturated heterocycles. The largest absolute Gasteiger partial charge is 0.478 e. The lowest BCUT2D eigenvalue weighted by Gasteiger charge is -1.88. The number of benzene rings is 2. The minimum Gasteiger partial charge on any atom is -0.478 e. The topological polar surface area (TPSA) is 80.4 Å². The maximum absolute atomic E-state index is 10.2. The summed E-state index contributed by atoms with van der Waals surface area (Å²) in [6, 6.07) is 16.8. The summed E-state index contributed by atoms with van der Waals surface area (Å²) in [7, 11) is 0. The quantitative estimate of drug-likeness (QED) is 0.703. The monoisotopic (exact) mass is 257 g/mol. The van der Waals surface area contributed by atoms with Crippen LogP contribution in [0.2, 0.25) is 0 Å². The summed E-state index contributed by atoms with van der Waals surface area (Å²) in [5.41, 5.74) is 7.66. The fourth-order valence-corrected chi connectivity index (χ4v) is 1.26. The number of carbonyl (C=O) groups is 2. The summed E-state index contributed by atoms with van der Waals surface area (Å²) in [6.07, 6.45) is 0. The van der Waals surface area contributed by atoms with Crippen LogP contribution in [0, 0.1) is 0 Å². The zero-order valence-electron chi connectivity index (χ0n) is 10.5. The number of hydrogen-bond acceptors (Lipinski definition) is 2. The molecule has 2 aliphatic rings. The zero-order chi connectivity index (χ0) is 14.3. The summed E-state index contributed by atoms with van der Waals surface area (Å²) in [5, 5.41) is 8.38. The Balaban J connectivity index is 0.000000156. The molecule has 0 fully saturated rings. The van der Waals surface area contributed by atoms with E-state index in [0.29, 0.717) is 5.56 Å². The maximum atomic E-state index is 10.2. The molecule has 1 aromatic rings. The van der Waals surface area contributed by atoms with Gasteiger partial charge in [-0.15, -0.1) is 0 Å². The summed E-state index contributed by atoms with van der Waals surface area (Å²) >= 11 is 0. The third-order valence-corrected chi connectivity index (χ3v) is 2.13. The Bertz CT molecular complexity index is 543. The van der Waals surface area contributed by atoms with E-state index < -0.39 is 5.97 Å². The average Bonchev–Trinajstić information content (AvgIpc) is 2.97. The van der Waals surface area contributed by atoms with E-state index in [1.165, 1.54) is 18.1 Å². The molecule has 0 radical (unpaired) electrons. The van der Waals surface area contributed by atoms with Gasteiger partial charge < -0.3 is 10.8 Å². The van der Waals surface area contributed by atoms with Crippen molar-refractivity contribution in [2.45, 2.75) is 6.92 Å². The molecule has 3 rings (SSSR count). The molecular weight excluding hydrogens is 242 g/mol. The number of aromatic carboxylic acids is 1. The maximum Gasteiger partial charge on any atom is 0.335 e. The van der Waals surface area contributed by atoms with Crippen molar-refractivity contribution in [2.24, 2.45) is 5.73 Å². The van der Waals surface area contributed by atoms with Crippen LogP contribution in [0.5, 0.6) is 0 Å². The van der Waals surface area contributed by atoms with Crippen molar-refractivity contribution >= 4 is 11.9 Å². The molecule has 1 amide bonds. The van der Waals surface area contributed by atoms with Crippen molar-refractivity contribution in [3.05, 3.63) is 60.2 Å². The molecule has 98 valence electrons. The minimum absolute atomic E-state index is 0.331. The summed E-state index contributed by atoms with van der Waals surface area (Å²) in [4.78, 5) is 19.4. The minimum atomic E-state index is -0.879. The first-order chi connectivity index (χ1) is 9.00. The van der Waals surface area contributed by atoms with Gasteiger partial charge >= 0.3 is 5.97 Å². The van der Waals surface area contributed by atoms with Gasteiger partial charge in [0.1, 0.15) is 0 Å². The molecule has 0 atom stereocenters. The number of primary amides is 1. The first-order valence-corrected chi connectivity index (χ1v) is 5.65. The molecular formula is C15H15NO3. The molecule has 0 aliphatic heterocycles. The molecule has 0 saturated carbocycles. The number of amides is 1. The molecule has 0 unspecified atom stereocenters. The molecule has 4 heteroatoms. The highest BCUT2D eigenvalue weighted by molar-refractivity contribution is 5.87. The number of nitrogens with two attached hydrogens (primary N) is 1. The third kappa shape index (κ3) is 6.02. The van der Waals surface area contributed by atoms with Crippen LogP contribution in [-0.2, 0) is 4.79 Å². The number of carboxylic acids is 1. The van der Waals surface area contributed by atoms with Crippen LogP contribution in [0.1, 0.15) is 17.3 Å². The van der Waals surface area contributed by atoms with Crippen molar-refractivity contribution in [2.75, 3.05) is 0 Å². The molecule has 1 aromatic carbocycles. The number of fused-ring (bicyclic) bond motifs is 1. The first-order valence-electron chi connectivity index (χ1n) is 5.65. The van der Waals surface area contributed by atoms with Crippen molar-refractivity contribution in [1.29, 1.82) is 0 Å². The Morgan fingerprint density at radius 1 is 0.947 bits per heavy atom. The van der Waals surface area contributed by atoms with Gasteiger partial charge in [-0.1, -0.05) is 36.4 Å². The van der Waals surface area contributed by atoms with Gasteiger partial charge in [-0.3, -0.25) is 4.79 Å². The van der Waals surface area contributed by atoms with E-state index in [-0.39, 0.29) is 5.91 Å². The van der Waals surface area contributed by atoms with E-state index in [2.05, 4.69) is 30.0 Å². The number of carboxylic acid groups (broad SMARTS) is 1. The van der Waals surface area contributed by atoms with Crippen molar-refractivity contribution in [3.8, 4) is 11.1 Å². The Kier molecular flexibility index (Phi) is 5.29. The van der Waals surface area contributed by atoms with E-state index in [4.69, 9.17) is 5.11 Å². The Hall–Kier alpha value is -2.62. The lowest BCUT2D eigenvalue weighted by molar-refractivity contribution is -0.115. The molecule has 2 aliphatic carbocycles. The number of hydrogen-bond donors (Lipinski definition) is 2. The smallest absolute Gasteiger partial charge is 0.335 e. The highest BCUT2D eigenvalue weighted by Gasteiger charge is 2.06. The average molecular weight is 257 g/mol. The van der Waals surface area contributed by atoms with E-state index >= 15 is 0 Å². The Labute approximate surface area is 111 Å². The summed E-state index contributed by atoms with van der Waals surface area (Å²) in [5.74, 6) is -1.21. The normalized spacial score (nSPS) is 9.11. The standard InChI is InChI=1S/C7H6O2.C6H4.C2H5NO/c8-7(9)6-4-2-1-3-5-6;1-2-5-4-6(5)3-1;1-2(3)4/h1-5H,(H,8,9);1-4H;1H3,(H2,3,4). The van der Waals surface area contributed by atoms with Crippen LogP contribution in [-0.4, -0.2) is 17.0 Å². The molecule has 4 nitrogen and oxygen atoms in total. The number of carbonyl (C=O) groups excluding carboxylic acids is 1. The lowest BCUT2D eigenvalue weighted by atomic mass is 10.2. The van der Waals surface area contributed by atoms with Crippen LogP contribution >= 0.6 is 0 Å². The predicted octanol–water partition coefficient (Wildman–Crippen LogP) is 2.54. The molecule has 3 N–H and O–H groups in total. The highest BCUT2D eigenvalue weighted by Crippen LogP contribution is 2.32. The van der Waals surface area contributed by atoms with Gasteiger partial charge in [0.15, 0.2) is 0 Å². The Morgan fingerprint density at radius 3 is 1.63 bits per heavy atom. The first kappa shape index (κ1) is 14.4. The van der Waals surface area contributed by atoms with Crippen molar-refractivity contribution < 1.29 is 14.7 Å². The van der Waals surface area contributed by atoms with Gasteiger partial charge in [0.2, 0.25) is 5.91 Å². The molecule has 0 heterocycles. The fourth-order valence-electron chi connectivity index (χ4n) is 1.26. The lowest BCUT2D eigenvalue weighted by Crippen LogP contribution is -2.01. The Morgan fingerprint density at radius 2 is 1.42 bits per heavy atom. The molecule has 0 aromatic heterocycles. The van der Waals surface area contributed by atoms with Crippen LogP contribution in [0.15, 0.2) is 54.6 Å². The second kappa shape index (κ2) is 6.96. The van der Waals surface area contributed by atoms with Crippen molar-refractivity contribution in [1.82, 2.24) is 0 Å². The van der Waals surface area contributed by atoms with Gasteiger partial charge in [0.25, 0.3) is 0 Å². The molecule has 19 heavy (non-hydrogen) atoms. The summed E-state index contributed by atoms with van der Waals surface area (Å²) in [6.45, 7) is 1.31. The van der Waals surface area contributed by atoms with Gasteiger partial charge in [0, 0.05) is 6.92 Å². The van der Waals surface area contributed by atoms with Gasteiger partial charge in [-0.25, -0.2) is 4.79 Å². The highest BCUT2D eigenvalue weighted by atomic mass is 16.4. The van der Waals surface area contributed by atoms with Crippen LogP contribution in [0.4, 0.5) is 0 Å². The van der Waals surface area contributed by atoms with E-state index in [1.807, 2.05) is 0 Å². The van der Waals surface area contributed by atoms with Gasteiger partial charge in [-0.05, 0) is 29.3 Å². The number of rotatable bonds is 1. The summed E-state index contributed by atoms with van der Waals surface area (Å²) < 4.78 is 0. The molecule has 0 spiro atoms. The van der Waals surface area contributed by atoms with Crippen LogP contribution < -0.4 is 5.73 Å². The second-order valence-electron chi connectivity index (χ2n) is 3.86. The molecule has 0 bridgehead atoms. The second-order valence-corrected chi connectivity index (χ2v) is 3.86. The van der Waals surface area contributed by atoms with Crippen LogP contribution in [0.25, 0.3) is 11.1 Å². The van der Waals surface area contributed by atoms with E-state index in [0.717, 1.165) is 0 Å². The third-order valence-electron chi connectivity index (χ3n) is 2.13. The zero-order valence-corrected chi connectivity index (χ0v) is 10.5. The van der Waals surface area contributed by atoms with Crippen LogP contribution in [0.3, 0.4) is 0 Å². The fraction of sp³-hybridized carbons (Fsp3) is 0.0667. The SMILES string of the molecule is CC(N)=O.O=C(O)c1ccccc1.c1cc2cc-2c1. The van der Waals surface area contributed by atoms with Gasteiger partial charge in [0.05, 0.1) is 5.56 Å².